The van der Waals surface area contributed by atoms with Crippen molar-refractivity contribution in [3.8, 4) is 17.3 Å². The molecule has 0 radical (unpaired) electrons. The van der Waals surface area contributed by atoms with Crippen LogP contribution in [-0.4, -0.2) is 79.1 Å². The first kappa shape index (κ1) is 32.5. The predicted octanol–water partition coefficient (Wildman–Crippen LogP) is 4.57. The Morgan fingerprint density at radius 1 is 1.11 bits per heavy atom. The number of aromatic nitrogens is 3. The summed E-state index contributed by atoms with van der Waals surface area (Å²) in [4.78, 5) is 40.1. The van der Waals surface area contributed by atoms with Gasteiger partial charge in [0.1, 0.15) is 29.3 Å². The van der Waals surface area contributed by atoms with Crippen LogP contribution in [0.1, 0.15) is 21.6 Å². The maximum absolute atomic E-state index is 15.2. The molecule has 242 valence electrons. The van der Waals surface area contributed by atoms with E-state index in [9.17, 15) is 22.8 Å². The Morgan fingerprint density at radius 2 is 1.85 bits per heavy atom. The van der Waals surface area contributed by atoms with Crippen LogP contribution in [-0.2, 0) is 20.7 Å². The molecule has 3 heterocycles. The van der Waals surface area contributed by atoms with Crippen molar-refractivity contribution >= 4 is 28.5 Å². The number of carbonyl (C=O) groups excluding carboxylic acids is 2. The monoisotopic (exact) mass is 645 g/mol. The van der Waals surface area contributed by atoms with Gasteiger partial charge in [-0.05, 0) is 36.8 Å². The number of pyridine rings is 1. The average molecular weight is 646 g/mol. The largest absolute Gasteiger partial charge is 0.481 e. The molecule has 1 aliphatic heterocycles. The summed E-state index contributed by atoms with van der Waals surface area (Å²) in [7, 11) is 2.56. The van der Waals surface area contributed by atoms with Crippen LogP contribution in [0.2, 0.25) is 0 Å². The summed E-state index contributed by atoms with van der Waals surface area (Å²) in [6.45, 7) is 0.704. The number of fused-ring (bicyclic) bond motifs is 1. The number of anilines is 1. The Hall–Kier alpha value is -4.92. The molecule has 1 amide bonds. The smallest absolute Gasteiger partial charge is 0.411 e. The van der Waals surface area contributed by atoms with Gasteiger partial charge in [-0.25, -0.2) is 18.6 Å². The number of benzene rings is 2. The van der Waals surface area contributed by atoms with E-state index in [4.69, 9.17) is 14.2 Å². The Bertz CT molecular complexity index is 1760. The van der Waals surface area contributed by atoms with Crippen LogP contribution in [0.15, 0.2) is 48.7 Å². The topological polar surface area (TPSA) is 116 Å². The molecule has 1 saturated heterocycles. The molecule has 0 spiro atoms. The zero-order valence-electron chi connectivity index (χ0n) is 24.8. The van der Waals surface area contributed by atoms with Crippen LogP contribution in [0.4, 0.5) is 27.6 Å². The lowest BCUT2D eigenvalue weighted by atomic mass is 9.97. The van der Waals surface area contributed by atoms with Gasteiger partial charge in [-0.3, -0.25) is 9.78 Å². The zero-order valence-corrected chi connectivity index (χ0v) is 24.8. The van der Waals surface area contributed by atoms with Crippen LogP contribution in [0, 0.1) is 18.6 Å². The normalized spacial score (nSPS) is 15.8. The van der Waals surface area contributed by atoms with Gasteiger partial charge >= 0.3 is 12.1 Å². The van der Waals surface area contributed by atoms with Gasteiger partial charge in [-0.2, -0.15) is 18.2 Å². The molecular formula is C31H28F5N5O5. The highest BCUT2D eigenvalue weighted by molar-refractivity contribution is 5.98. The molecule has 1 fully saturated rings. The Kier molecular flexibility index (Phi) is 9.32. The van der Waals surface area contributed by atoms with Gasteiger partial charge in [0.05, 0.1) is 33.0 Å². The lowest BCUT2D eigenvalue weighted by Crippen LogP contribution is -2.53. The van der Waals surface area contributed by atoms with Crippen molar-refractivity contribution < 1.29 is 45.8 Å². The van der Waals surface area contributed by atoms with E-state index in [1.54, 1.807) is 43.5 Å². The predicted molar refractivity (Wildman–Crippen MR) is 155 cm³/mol. The molecule has 1 aliphatic rings. The van der Waals surface area contributed by atoms with Crippen molar-refractivity contribution in [1.82, 2.24) is 20.3 Å². The Morgan fingerprint density at radius 3 is 2.52 bits per heavy atom. The third-order valence-corrected chi connectivity index (χ3v) is 7.45. The fourth-order valence-corrected chi connectivity index (χ4v) is 5.27. The number of morpholine rings is 1. The molecule has 10 nitrogen and oxygen atoms in total. The molecule has 15 heteroatoms. The number of nitrogens with one attached hydrogen (secondary N) is 1. The first-order valence-electron chi connectivity index (χ1n) is 14.0. The van der Waals surface area contributed by atoms with Crippen LogP contribution in [0.25, 0.3) is 22.3 Å². The molecule has 46 heavy (non-hydrogen) atoms. The first-order valence-corrected chi connectivity index (χ1v) is 14.0. The summed E-state index contributed by atoms with van der Waals surface area (Å²) in [6, 6.07) is 6.20. The van der Waals surface area contributed by atoms with Crippen LogP contribution >= 0.6 is 0 Å². The van der Waals surface area contributed by atoms with E-state index in [-0.39, 0.29) is 19.6 Å². The molecule has 2 atom stereocenters. The molecular weight excluding hydrogens is 617 g/mol. The van der Waals surface area contributed by atoms with E-state index in [0.717, 1.165) is 12.0 Å². The molecule has 5 rings (SSSR count). The third-order valence-electron chi connectivity index (χ3n) is 7.45. The Labute approximate surface area is 259 Å². The van der Waals surface area contributed by atoms with Gasteiger partial charge in [-0.15, -0.1) is 0 Å². The van der Waals surface area contributed by atoms with E-state index in [1.807, 2.05) is 0 Å². The number of methoxy groups -OCH3 is 2. The lowest BCUT2D eigenvalue weighted by Gasteiger charge is -2.38. The SMILES string of the molecule is COC(=O)[C@H](Cc1ccc(-c2nc(C)cc(OC)n2)c2ncccc12)NC(=O)c1c(F)cc(N2CCOC[C@@H]2C(F)(F)F)cc1F. The number of hydrogen-bond donors (Lipinski definition) is 1. The van der Waals surface area contributed by atoms with Gasteiger partial charge in [0.2, 0.25) is 5.88 Å². The summed E-state index contributed by atoms with van der Waals surface area (Å²) in [5, 5.41) is 2.89. The highest BCUT2D eigenvalue weighted by Crippen LogP contribution is 2.33. The first-order chi connectivity index (χ1) is 21.9. The molecule has 2 aromatic carbocycles. The number of amides is 1. The molecule has 0 bridgehead atoms. The second kappa shape index (κ2) is 13.2. The number of carbonyl (C=O) groups is 2. The molecule has 2 aromatic heterocycles. The van der Waals surface area contributed by atoms with Crippen molar-refractivity contribution in [3.05, 3.63) is 77.1 Å². The number of nitrogens with zero attached hydrogens (tertiary/aromatic N) is 4. The fourth-order valence-electron chi connectivity index (χ4n) is 5.27. The van der Waals surface area contributed by atoms with E-state index < -0.39 is 59.6 Å². The maximum Gasteiger partial charge on any atom is 0.411 e. The highest BCUT2D eigenvalue weighted by Gasteiger charge is 2.46. The van der Waals surface area contributed by atoms with Crippen molar-refractivity contribution in [2.24, 2.45) is 0 Å². The number of rotatable bonds is 8. The summed E-state index contributed by atoms with van der Waals surface area (Å²) in [6.07, 6.45) is -3.33. The molecule has 0 aliphatic carbocycles. The molecule has 0 unspecified atom stereocenters. The van der Waals surface area contributed by atoms with Crippen LogP contribution in [0.5, 0.6) is 5.88 Å². The van der Waals surface area contributed by atoms with E-state index >= 15 is 8.78 Å². The molecule has 4 aromatic rings. The second-order valence-corrected chi connectivity index (χ2v) is 10.4. The van der Waals surface area contributed by atoms with Gasteiger partial charge in [-0.1, -0.05) is 12.1 Å². The van der Waals surface area contributed by atoms with Gasteiger partial charge in [0.25, 0.3) is 5.91 Å². The Balaban J connectivity index is 1.44. The number of ether oxygens (including phenoxy) is 3. The number of hydrogen-bond acceptors (Lipinski definition) is 9. The van der Waals surface area contributed by atoms with E-state index in [2.05, 4.69) is 20.3 Å². The summed E-state index contributed by atoms with van der Waals surface area (Å²) >= 11 is 0. The average Bonchev–Trinajstić information content (AvgIpc) is 3.03. The minimum Gasteiger partial charge on any atom is -0.481 e. The minimum atomic E-state index is -4.73. The number of esters is 1. The van der Waals surface area contributed by atoms with Crippen LogP contribution in [0.3, 0.4) is 0 Å². The summed E-state index contributed by atoms with van der Waals surface area (Å²) in [5.74, 6) is -4.32. The maximum atomic E-state index is 15.2. The van der Waals surface area contributed by atoms with Gasteiger partial charge < -0.3 is 24.4 Å². The van der Waals surface area contributed by atoms with E-state index in [0.29, 0.717) is 51.6 Å². The van der Waals surface area contributed by atoms with Gasteiger partial charge in [0.15, 0.2) is 5.82 Å². The van der Waals surface area contributed by atoms with Crippen LogP contribution < -0.4 is 15.0 Å². The van der Waals surface area contributed by atoms with E-state index in [1.165, 1.54) is 7.11 Å². The second-order valence-electron chi connectivity index (χ2n) is 10.4. The van der Waals surface area contributed by atoms with Crippen molar-refractivity contribution in [2.75, 3.05) is 38.9 Å². The highest BCUT2D eigenvalue weighted by atomic mass is 19.4. The minimum absolute atomic E-state index is 0.0871. The van der Waals surface area contributed by atoms with Crippen molar-refractivity contribution in [1.29, 1.82) is 0 Å². The number of aryl methyl sites for hydroxylation is 1. The van der Waals surface area contributed by atoms with Crippen molar-refractivity contribution in [2.45, 2.75) is 31.6 Å². The zero-order chi connectivity index (χ0) is 33.2. The number of halogens is 5. The lowest BCUT2D eigenvalue weighted by molar-refractivity contribution is -0.167. The van der Waals surface area contributed by atoms with Crippen molar-refractivity contribution in [3.63, 3.8) is 0 Å². The van der Waals surface area contributed by atoms with Gasteiger partial charge in [0, 0.05) is 47.6 Å². The quantitative estimate of drug-likeness (QED) is 0.217. The molecule has 1 N–H and O–H groups in total. The summed E-state index contributed by atoms with van der Waals surface area (Å²) < 4.78 is 86.1. The summed E-state index contributed by atoms with van der Waals surface area (Å²) in [5.41, 5.74) is 0.760. The fraction of sp³-hybridized carbons (Fsp3) is 0.323. The molecule has 0 saturated carbocycles. The number of alkyl halides is 3. The standard InChI is InChI=1S/C31H28F5N5O5/c1-16-11-25(44-2)40-28(38-16)20-7-6-17(19-5-4-8-37-27(19)20)12-23(30(43)45-3)39-29(42)26-21(32)13-18(14-22(26)33)41-9-10-46-15-24(41)31(34,35)36/h4-8,11,13-14,23-24H,9-10,12,15H2,1-3H3,(H,39,42)/t23-,24+/m0/s1. The third kappa shape index (κ3) is 6.68.